The van der Waals surface area contributed by atoms with E-state index in [1.165, 1.54) is 5.56 Å². The van der Waals surface area contributed by atoms with Crippen molar-refractivity contribution in [3.05, 3.63) is 29.3 Å². The van der Waals surface area contributed by atoms with Crippen LogP contribution in [0.2, 0.25) is 0 Å². The molecule has 0 aromatic heterocycles. The molecule has 4 N–H and O–H groups in total. The molecule has 0 saturated heterocycles. The first-order valence-corrected chi connectivity index (χ1v) is 5.76. The van der Waals surface area contributed by atoms with Crippen LogP contribution in [0, 0.1) is 12.8 Å². The molecule has 4 nitrogen and oxygen atoms in total. The van der Waals surface area contributed by atoms with E-state index in [0.29, 0.717) is 13.2 Å². The largest absolute Gasteiger partial charge is 0.492 e. The van der Waals surface area contributed by atoms with E-state index in [1.54, 1.807) is 6.92 Å². The molecule has 94 valence electrons. The van der Waals surface area contributed by atoms with Gasteiger partial charge in [0.25, 0.3) is 0 Å². The molecule has 17 heavy (non-hydrogen) atoms. The van der Waals surface area contributed by atoms with Crippen LogP contribution >= 0.6 is 0 Å². The minimum Gasteiger partial charge on any atom is -0.492 e. The number of aryl methyl sites for hydroxylation is 1. The highest BCUT2D eigenvalue weighted by molar-refractivity contribution is 5.76. The number of ether oxygens (including phenoxy) is 1. The average molecular weight is 236 g/mol. The predicted molar refractivity (Wildman–Crippen MR) is 67.8 cm³/mol. The third-order valence-corrected chi connectivity index (χ3v) is 2.60. The number of primary amides is 1. The number of benzene rings is 1. The van der Waals surface area contributed by atoms with Gasteiger partial charge in [-0.1, -0.05) is 24.6 Å². The summed E-state index contributed by atoms with van der Waals surface area (Å²) in [6, 6.07) is 5.94. The second-order valence-corrected chi connectivity index (χ2v) is 4.26. The summed E-state index contributed by atoms with van der Waals surface area (Å²) in [6.07, 6.45) is 0.766. The Morgan fingerprint density at radius 3 is 2.76 bits per heavy atom. The van der Waals surface area contributed by atoms with E-state index in [0.717, 1.165) is 17.7 Å². The Labute approximate surface area is 102 Å². The maximum absolute atomic E-state index is 10.9. The molecule has 0 heterocycles. The molecule has 0 bridgehead atoms. The van der Waals surface area contributed by atoms with Crippen LogP contribution < -0.4 is 16.2 Å². The zero-order valence-corrected chi connectivity index (χ0v) is 10.4. The minimum absolute atomic E-state index is 0.290. The van der Waals surface area contributed by atoms with E-state index in [-0.39, 0.29) is 11.8 Å². The summed E-state index contributed by atoms with van der Waals surface area (Å²) in [5, 5.41) is 0. The maximum atomic E-state index is 10.9. The fourth-order valence-electron chi connectivity index (χ4n) is 1.50. The molecular weight excluding hydrogens is 216 g/mol. The highest BCUT2D eigenvalue weighted by Gasteiger charge is 2.11. The molecule has 0 aliphatic rings. The van der Waals surface area contributed by atoms with Crippen molar-refractivity contribution in [2.24, 2.45) is 17.4 Å². The Hall–Kier alpha value is -1.55. The summed E-state index contributed by atoms with van der Waals surface area (Å²) < 4.78 is 5.61. The van der Waals surface area contributed by atoms with E-state index in [9.17, 15) is 4.79 Å². The van der Waals surface area contributed by atoms with Crippen LogP contribution in [0.15, 0.2) is 18.2 Å². The molecule has 0 radical (unpaired) electrons. The van der Waals surface area contributed by atoms with Crippen molar-refractivity contribution < 1.29 is 9.53 Å². The van der Waals surface area contributed by atoms with Crippen LogP contribution in [0.1, 0.15) is 18.1 Å². The Morgan fingerprint density at radius 2 is 2.18 bits per heavy atom. The molecule has 1 rings (SSSR count). The molecule has 1 unspecified atom stereocenters. The predicted octanol–water partition coefficient (Wildman–Crippen LogP) is 0.996. The number of nitrogens with two attached hydrogens (primary N) is 2. The fourth-order valence-corrected chi connectivity index (χ4v) is 1.50. The maximum Gasteiger partial charge on any atom is 0.223 e. The summed E-state index contributed by atoms with van der Waals surface area (Å²) in [7, 11) is 0. The third-order valence-electron chi connectivity index (χ3n) is 2.60. The molecule has 0 spiro atoms. The zero-order valence-electron chi connectivity index (χ0n) is 10.4. The van der Waals surface area contributed by atoms with Gasteiger partial charge in [-0.25, -0.2) is 0 Å². The summed E-state index contributed by atoms with van der Waals surface area (Å²) in [5.74, 6) is 0.147. The molecule has 0 aliphatic carbocycles. The highest BCUT2D eigenvalue weighted by atomic mass is 16.5. The first-order chi connectivity index (χ1) is 8.04. The standard InChI is InChI=1S/C13H20N2O2/c1-9-3-4-12(11(7-9)5-6-14)17-8-10(2)13(15)16/h3-4,7,10H,5-6,8,14H2,1-2H3,(H2,15,16). The molecular formula is C13H20N2O2. The second-order valence-electron chi connectivity index (χ2n) is 4.26. The van der Waals surface area contributed by atoms with Gasteiger partial charge < -0.3 is 16.2 Å². The van der Waals surface area contributed by atoms with Crippen molar-refractivity contribution >= 4 is 5.91 Å². The van der Waals surface area contributed by atoms with Crippen molar-refractivity contribution in [3.63, 3.8) is 0 Å². The quantitative estimate of drug-likeness (QED) is 0.773. The molecule has 1 aromatic carbocycles. The van der Waals surface area contributed by atoms with Crippen molar-refractivity contribution in [2.75, 3.05) is 13.2 Å². The smallest absolute Gasteiger partial charge is 0.223 e. The lowest BCUT2D eigenvalue weighted by molar-refractivity contribution is -0.122. The van der Waals surface area contributed by atoms with Crippen LogP contribution in [0.3, 0.4) is 0 Å². The Balaban J connectivity index is 2.72. The monoisotopic (exact) mass is 236 g/mol. The lowest BCUT2D eigenvalue weighted by Gasteiger charge is -2.14. The summed E-state index contributed by atoms with van der Waals surface area (Å²) in [4.78, 5) is 10.9. The van der Waals surface area contributed by atoms with Gasteiger partial charge in [-0.05, 0) is 31.5 Å². The van der Waals surface area contributed by atoms with E-state index < -0.39 is 0 Å². The van der Waals surface area contributed by atoms with Crippen LogP contribution in [-0.2, 0) is 11.2 Å². The van der Waals surface area contributed by atoms with Gasteiger partial charge in [0.1, 0.15) is 5.75 Å². The minimum atomic E-state index is -0.350. The molecule has 1 amide bonds. The summed E-state index contributed by atoms with van der Waals surface area (Å²) in [6.45, 7) is 4.65. The number of hydrogen-bond acceptors (Lipinski definition) is 3. The van der Waals surface area contributed by atoms with Crippen molar-refractivity contribution in [2.45, 2.75) is 20.3 Å². The number of carbonyl (C=O) groups excluding carboxylic acids is 1. The SMILES string of the molecule is Cc1ccc(OCC(C)C(N)=O)c(CCN)c1. The van der Waals surface area contributed by atoms with Gasteiger partial charge in [-0.3, -0.25) is 4.79 Å². The molecule has 4 heteroatoms. The van der Waals surface area contributed by atoms with Crippen molar-refractivity contribution in [1.82, 2.24) is 0 Å². The van der Waals surface area contributed by atoms with E-state index in [4.69, 9.17) is 16.2 Å². The third kappa shape index (κ3) is 4.07. The van der Waals surface area contributed by atoms with Gasteiger partial charge in [0.15, 0.2) is 0 Å². The van der Waals surface area contributed by atoms with Crippen LogP contribution in [0.25, 0.3) is 0 Å². The van der Waals surface area contributed by atoms with Gasteiger partial charge in [0.05, 0.1) is 12.5 Å². The van der Waals surface area contributed by atoms with Crippen LogP contribution in [0.5, 0.6) is 5.75 Å². The van der Waals surface area contributed by atoms with Gasteiger partial charge in [0.2, 0.25) is 5.91 Å². The first kappa shape index (κ1) is 13.5. The van der Waals surface area contributed by atoms with Gasteiger partial charge in [-0.15, -0.1) is 0 Å². The summed E-state index contributed by atoms with van der Waals surface area (Å²) >= 11 is 0. The van der Waals surface area contributed by atoms with Crippen molar-refractivity contribution in [1.29, 1.82) is 0 Å². The van der Waals surface area contributed by atoms with E-state index in [2.05, 4.69) is 6.07 Å². The molecule has 1 aromatic rings. The second kappa shape index (κ2) is 6.25. The van der Waals surface area contributed by atoms with Crippen molar-refractivity contribution in [3.8, 4) is 5.75 Å². The highest BCUT2D eigenvalue weighted by Crippen LogP contribution is 2.21. The van der Waals surface area contributed by atoms with Gasteiger partial charge in [-0.2, -0.15) is 0 Å². The Bertz CT molecular complexity index is 391. The molecule has 0 aliphatic heterocycles. The van der Waals surface area contributed by atoms with Gasteiger partial charge in [0, 0.05) is 0 Å². The number of hydrogen-bond donors (Lipinski definition) is 2. The normalized spacial score (nSPS) is 12.2. The lowest BCUT2D eigenvalue weighted by Crippen LogP contribution is -2.26. The Morgan fingerprint density at radius 1 is 1.47 bits per heavy atom. The first-order valence-electron chi connectivity index (χ1n) is 5.76. The number of carbonyl (C=O) groups is 1. The summed E-state index contributed by atoms with van der Waals surface area (Å²) in [5.41, 5.74) is 13.0. The topological polar surface area (TPSA) is 78.3 Å². The zero-order chi connectivity index (χ0) is 12.8. The van der Waals surface area contributed by atoms with E-state index >= 15 is 0 Å². The molecule has 0 saturated carbocycles. The van der Waals surface area contributed by atoms with Gasteiger partial charge >= 0.3 is 0 Å². The Kier molecular flexibility index (Phi) is 4.97. The van der Waals surface area contributed by atoms with Crippen LogP contribution in [-0.4, -0.2) is 19.1 Å². The fraction of sp³-hybridized carbons (Fsp3) is 0.462. The number of rotatable bonds is 6. The van der Waals surface area contributed by atoms with Crippen LogP contribution in [0.4, 0.5) is 0 Å². The average Bonchev–Trinajstić information content (AvgIpc) is 2.28. The molecule has 1 atom stereocenters. The lowest BCUT2D eigenvalue weighted by atomic mass is 10.1. The number of amides is 1. The molecule has 0 fully saturated rings. The van der Waals surface area contributed by atoms with E-state index in [1.807, 2.05) is 19.1 Å².